The van der Waals surface area contributed by atoms with Crippen molar-refractivity contribution in [2.24, 2.45) is 0 Å². The molecule has 0 aliphatic carbocycles. The molecule has 9 heteroatoms. The molecule has 0 bridgehead atoms. The molecular weight excluding hydrogens is 410 g/mol. The average molecular weight is 430 g/mol. The van der Waals surface area contributed by atoms with Crippen LogP contribution in [-0.2, 0) is 13.0 Å². The lowest BCUT2D eigenvalue weighted by molar-refractivity contribution is 0.0732. The van der Waals surface area contributed by atoms with Gasteiger partial charge in [0.05, 0.1) is 37.6 Å². The topological polar surface area (TPSA) is 80.8 Å². The minimum absolute atomic E-state index is 0.104. The Labute approximate surface area is 175 Å². The van der Waals surface area contributed by atoms with Gasteiger partial charge >= 0.3 is 0 Å². The first kappa shape index (κ1) is 19.4. The Hall–Kier alpha value is -2.91. The largest absolute Gasteiger partial charge is 0.497 e. The molecule has 0 atom stereocenters. The van der Waals surface area contributed by atoms with E-state index in [-0.39, 0.29) is 11.8 Å². The van der Waals surface area contributed by atoms with Gasteiger partial charge in [0.15, 0.2) is 5.13 Å². The first-order chi connectivity index (χ1) is 14.1. The highest BCUT2D eigenvalue weighted by Gasteiger charge is 2.27. The molecule has 150 valence electrons. The van der Waals surface area contributed by atoms with Crippen molar-refractivity contribution >= 4 is 39.6 Å². The fourth-order valence-corrected chi connectivity index (χ4v) is 4.79. The van der Waals surface area contributed by atoms with Gasteiger partial charge in [0.2, 0.25) is 0 Å². The Morgan fingerprint density at radius 3 is 2.79 bits per heavy atom. The van der Waals surface area contributed by atoms with Crippen molar-refractivity contribution in [1.82, 2.24) is 9.88 Å². The standard InChI is InChI=1S/C20H19N3O4S2/c1-26-13-3-4-14(16(9-13)27-2)19(25)23-7-5-15-17(10-23)29-20(21-15)22-18(24)12-6-8-28-11-12/h3-4,6,8-9,11H,5,7,10H2,1-2H3,(H,21,22,24). The lowest BCUT2D eigenvalue weighted by Crippen LogP contribution is -2.35. The molecule has 0 spiro atoms. The fourth-order valence-electron chi connectivity index (χ4n) is 3.13. The molecule has 0 unspecified atom stereocenters. The van der Waals surface area contributed by atoms with Crippen molar-refractivity contribution in [3.05, 3.63) is 56.7 Å². The van der Waals surface area contributed by atoms with Gasteiger partial charge in [-0.05, 0) is 23.6 Å². The monoisotopic (exact) mass is 429 g/mol. The molecule has 0 radical (unpaired) electrons. The van der Waals surface area contributed by atoms with Crippen LogP contribution in [0.25, 0.3) is 0 Å². The van der Waals surface area contributed by atoms with E-state index in [2.05, 4.69) is 10.3 Å². The number of benzene rings is 1. The molecular formula is C20H19N3O4S2. The number of ether oxygens (including phenoxy) is 2. The van der Waals surface area contributed by atoms with Crippen LogP contribution in [0.4, 0.5) is 5.13 Å². The van der Waals surface area contributed by atoms with E-state index in [1.54, 1.807) is 41.7 Å². The van der Waals surface area contributed by atoms with Crippen molar-refractivity contribution in [3.63, 3.8) is 0 Å². The van der Waals surface area contributed by atoms with Crippen molar-refractivity contribution in [3.8, 4) is 11.5 Å². The second-order valence-electron chi connectivity index (χ2n) is 6.40. The van der Waals surface area contributed by atoms with Crippen LogP contribution in [0.15, 0.2) is 35.0 Å². The third kappa shape index (κ3) is 3.96. The summed E-state index contributed by atoms with van der Waals surface area (Å²) in [5.41, 5.74) is 2.04. The molecule has 2 aromatic heterocycles. The molecule has 0 saturated carbocycles. The number of rotatable bonds is 5. The SMILES string of the molecule is COc1ccc(C(=O)N2CCc3nc(NC(=O)c4ccsc4)sc3C2)c(OC)c1. The molecule has 2 amide bonds. The number of aromatic nitrogens is 1. The summed E-state index contributed by atoms with van der Waals surface area (Å²) in [4.78, 5) is 32.6. The number of thiazole rings is 1. The number of hydrogen-bond donors (Lipinski definition) is 1. The number of fused-ring (bicyclic) bond motifs is 1. The quantitative estimate of drug-likeness (QED) is 0.669. The Kier molecular flexibility index (Phi) is 5.50. The van der Waals surface area contributed by atoms with E-state index in [0.29, 0.717) is 47.3 Å². The van der Waals surface area contributed by atoms with Gasteiger partial charge in [-0.3, -0.25) is 14.9 Å². The molecule has 29 heavy (non-hydrogen) atoms. The van der Waals surface area contributed by atoms with Gasteiger partial charge in [-0.1, -0.05) is 11.3 Å². The third-order valence-corrected chi connectivity index (χ3v) is 6.34. The van der Waals surface area contributed by atoms with E-state index in [4.69, 9.17) is 9.47 Å². The van der Waals surface area contributed by atoms with Crippen molar-refractivity contribution in [1.29, 1.82) is 0 Å². The number of thiophene rings is 1. The third-order valence-electron chi connectivity index (χ3n) is 4.66. The number of nitrogens with one attached hydrogen (secondary N) is 1. The minimum atomic E-state index is -0.173. The Morgan fingerprint density at radius 2 is 2.07 bits per heavy atom. The highest BCUT2D eigenvalue weighted by Crippen LogP contribution is 2.31. The molecule has 4 rings (SSSR count). The van der Waals surface area contributed by atoms with E-state index >= 15 is 0 Å². The predicted octanol–water partition coefficient (Wildman–Crippen LogP) is 3.67. The van der Waals surface area contributed by atoms with Crippen molar-refractivity contribution < 1.29 is 19.1 Å². The number of methoxy groups -OCH3 is 2. The number of amides is 2. The fraction of sp³-hybridized carbons (Fsp3) is 0.250. The summed E-state index contributed by atoms with van der Waals surface area (Å²) in [5, 5.41) is 7.06. The number of hydrogen-bond acceptors (Lipinski definition) is 7. The lowest BCUT2D eigenvalue weighted by Gasteiger charge is -2.26. The molecule has 1 N–H and O–H groups in total. The molecule has 0 saturated heterocycles. The van der Waals surface area contributed by atoms with Crippen LogP contribution in [0.3, 0.4) is 0 Å². The maximum atomic E-state index is 13.0. The van der Waals surface area contributed by atoms with Gasteiger partial charge in [-0.2, -0.15) is 11.3 Å². The van der Waals surface area contributed by atoms with Gasteiger partial charge in [0, 0.05) is 29.3 Å². The van der Waals surface area contributed by atoms with Crippen LogP contribution in [0.1, 0.15) is 31.3 Å². The van der Waals surface area contributed by atoms with Crippen LogP contribution in [0, 0.1) is 0 Å². The highest BCUT2D eigenvalue weighted by molar-refractivity contribution is 7.16. The van der Waals surface area contributed by atoms with Crippen molar-refractivity contribution in [2.75, 3.05) is 26.1 Å². The summed E-state index contributed by atoms with van der Waals surface area (Å²) in [6.07, 6.45) is 0.643. The molecule has 3 heterocycles. The molecule has 1 aliphatic rings. The number of anilines is 1. The first-order valence-electron chi connectivity index (χ1n) is 8.92. The Bertz CT molecular complexity index is 1050. The van der Waals surface area contributed by atoms with Crippen LogP contribution < -0.4 is 14.8 Å². The second kappa shape index (κ2) is 8.22. The van der Waals surface area contributed by atoms with E-state index < -0.39 is 0 Å². The Morgan fingerprint density at radius 1 is 1.21 bits per heavy atom. The summed E-state index contributed by atoms with van der Waals surface area (Å²) in [5.74, 6) is 0.835. The first-order valence-corrected chi connectivity index (χ1v) is 10.7. The number of carbonyl (C=O) groups is 2. The van der Waals surface area contributed by atoms with Crippen LogP contribution in [0.5, 0.6) is 11.5 Å². The van der Waals surface area contributed by atoms with E-state index in [9.17, 15) is 9.59 Å². The van der Waals surface area contributed by atoms with Crippen LogP contribution in [-0.4, -0.2) is 42.5 Å². The molecule has 1 aromatic carbocycles. The number of carbonyl (C=O) groups excluding carboxylic acids is 2. The molecule has 0 fully saturated rings. The van der Waals surface area contributed by atoms with Gasteiger partial charge in [-0.15, -0.1) is 0 Å². The minimum Gasteiger partial charge on any atom is -0.497 e. The van der Waals surface area contributed by atoms with E-state index in [0.717, 1.165) is 10.6 Å². The highest BCUT2D eigenvalue weighted by atomic mass is 32.1. The second-order valence-corrected chi connectivity index (χ2v) is 8.26. The smallest absolute Gasteiger partial charge is 0.258 e. The summed E-state index contributed by atoms with van der Waals surface area (Å²) in [6.45, 7) is 1.01. The van der Waals surface area contributed by atoms with Crippen LogP contribution >= 0.6 is 22.7 Å². The zero-order chi connectivity index (χ0) is 20.4. The maximum absolute atomic E-state index is 13.0. The summed E-state index contributed by atoms with van der Waals surface area (Å²) < 4.78 is 10.6. The Balaban J connectivity index is 1.49. The van der Waals surface area contributed by atoms with Gasteiger partial charge in [0.25, 0.3) is 11.8 Å². The zero-order valence-corrected chi connectivity index (χ0v) is 17.6. The van der Waals surface area contributed by atoms with E-state index in [1.807, 2.05) is 5.38 Å². The number of nitrogens with zero attached hydrogens (tertiary/aromatic N) is 2. The van der Waals surface area contributed by atoms with Gasteiger partial charge < -0.3 is 14.4 Å². The normalized spacial score (nSPS) is 13.0. The summed E-state index contributed by atoms with van der Waals surface area (Å²) in [6, 6.07) is 6.94. The zero-order valence-electron chi connectivity index (χ0n) is 15.9. The molecule has 7 nitrogen and oxygen atoms in total. The van der Waals surface area contributed by atoms with E-state index in [1.165, 1.54) is 29.8 Å². The summed E-state index contributed by atoms with van der Waals surface area (Å²) in [7, 11) is 3.10. The lowest BCUT2D eigenvalue weighted by atomic mass is 10.1. The predicted molar refractivity (Wildman–Crippen MR) is 112 cm³/mol. The molecule has 1 aliphatic heterocycles. The van der Waals surface area contributed by atoms with Gasteiger partial charge in [-0.25, -0.2) is 4.98 Å². The summed E-state index contributed by atoms with van der Waals surface area (Å²) >= 11 is 2.88. The van der Waals surface area contributed by atoms with Gasteiger partial charge in [0.1, 0.15) is 11.5 Å². The molecule has 3 aromatic rings. The van der Waals surface area contributed by atoms with Crippen LogP contribution in [0.2, 0.25) is 0 Å². The van der Waals surface area contributed by atoms with Crippen molar-refractivity contribution in [2.45, 2.75) is 13.0 Å². The maximum Gasteiger partial charge on any atom is 0.258 e. The average Bonchev–Trinajstić information content (AvgIpc) is 3.41.